The van der Waals surface area contributed by atoms with E-state index in [0.717, 1.165) is 69.0 Å². The molecule has 18 heteroatoms. The van der Waals surface area contributed by atoms with Crippen LogP contribution in [-0.4, -0.2) is 114 Å². The predicted octanol–water partition coefficient (Wildman–Crippen LogP) is 9.68. The zero-order chi connectivity index (χ0) is 51.5. The lowest BCUT2D eigenvalue weighted by Crippen LogP contribution is -2.54. The maximum atomic E-state index is 14.5. The number of aromatic amines is 1. The van der Waals surface area contributed by atoms with Gasteiger partial charge in [-0.25, -0.2) is 13.1 Å². The van der Waals surface area contributed by atoms with E-state index in [1.807, 2.05) is 19.1 Å². The van der Waals surface area contributed by atoms with Crippen molar-refractivity contribution in [2.45, 2.75) is 138 Å². The molecule has 3 saturated heterocycles. The molecule has 0 radical (unpaired) electrons. The molecule has 11 rings (SSSR count). The van der Waals surface area contributed by atoms with E-state index in [-0.39, 0.29) is 64.4 Å². The highest BCUT2D eigenvalue weighted by molar-refractivity contribution is 7.90. The highest BCUT2D eigenvalue weighted by Crippen LogP contribution is 2.55. The number of nitrogens with zero attached hydrogens (tertiary/aromatic N) is 5. The van der Waals surface area contributed by atoms with Crippen LogP contribution in [0.2, 0.25) is 0 Å². The first-order valence-corrected chi connectivity index (χ1v) is 28.2. The molecule has 3 aromatic carbocycles. The van der Waals surface area contributed by atoms with Crippen LogP contribution in [0, 0.1) is 21.4 Å². The summed E-state index contributed by atoms with van der Waals surface area (Å²) in [5.41, 5.74) is 3.40. The molecular weight excluding hydrogens is 961 g/mol. The highest BCUT2D eigenvalue weighted by atomic mass is 32.2. The Morgan fingerprint density at radius 2 is 1.74 bits per heavy atom. The number of ether oxygens (including phenoxy) is 3. The van der Waals surface area contributed by atoms with Gasteiger partial charge < -0.3 is 39.4 Å². The molecular formula is C56H70N8O9S. The number of likely N-dealkylation sites (N-methyl/N-ethyl adjacent to an activating group) is 1. The molecule has 0 unspecified atom stereocenters. The van der Waals surface area contributed by atoms with Gasteiger partial charge in [0.05, 0.1) is 27.0 Å². The fourth-order valence-electron chi connectivity index (χ4n) is 13.0. The summed E-state index contributed by atoms with van der Waals surface area (Å²) in [5, 5.41) is 27.1. The fourth-order valence-corrected chi connectivity index (χ4v) is 14.0. The predicted molar refractivity (Wildman–Crippen MR) is 283 cm³/mol. The average molecular weight is 1030 g/mol. The summed E-state index contributed by atoms with van der Waals surface area (Å²) in [6.45, 7) is 10.6. The van der Waals surface area contributed by atoms with Crippen LogP contribution in [0.5, 0.6) is 23.1 Å². The monoisotopic (exact) mass is 1030 g/mol. The Hall–Kier alpha value is -5.95. The number of pyridine rings is 1. The average Bonchev–Trinajstić information content (AvgIpc) is 4.15. The maximum absolute atomic E-state index is 14.5. The molecule has 0 bridgehead atoms. The van der Waals surface area contributed by atoms with Gasteiger partial charge in [0, 0.05) is 66.7 Å². The number of likely N-dealkylation sites (tertiary alicyclic amines) is 2. The zero-order valence-electron chi connectivity index (χ0n) is 43.0. The molecule has 17 nitrogen and oxygen atoms in total. The van der Waals surface area contributed by atoms with Gasteiger partial charge in [-0.05, 0) is 157 Å². The third kappa shape index (κ3) is 10.0. The molecule has 1 amide bonds. The smallest absolute Gasteiger partial charge is 0.297 e. The van der Waals surface area contributed by atoms with Crippen LogP contribution in [0.3, 0.4) is 0 Å². The number of fused-ring (bicyclic) bond motifs is 2. The minimum absolute atomic E-state index is 0.00295. The van der Waals surface area contributed by atoms with E-state index in [4.69, 9.17) is 19.2 Å². The summed E-state index contributed by atoms with van der Waals surface area (Å²) in [6.07, 6.45) is 13.2. The number of hydrogen-bond acceptors (Lipinski definition) is 14. The Morgan fingerprint density at radius 3 is 2.49 bits per heavy atom. The molecule has 74 heavy (non-hydrogen) atoms. The minimum atomic E-state index is -4.72. The largest absolute Gasteiger partial charge is 0.489 e. The zero-order valence-corrected chi connectivity index (χ0v) is 43.8. The standard InChI is InChI=1S/C56H70N8O9S/c1-35(2)42-10-5-6-11-43(42)46-12-8-24-63(46)40-31-56(32-40)20-25-62(26-21-56)38-13-14-44(48(28-38)73-50-27-37-17-22-57-52(37)59-54(50)72-33-39-9-7-23-61(39)4)53(65)60-74(69,70)41-29-47(64(67)68)51-49(30-41)71-34-45(58-51)36-15-18-55(3,66)19-16-36/h5-6,10-11,13-14,17,22,27-30,35-36,39-40,45-46,58,66H,7-9,12,15-16,18-21,23-26,31-34H2,1-4H3,(H,57,59)(H,60,65)/t36-,39-,45+,46-,55-/m0/s1. The summed E-state index contributed by atoms with van der Waals surface area (Å²) in [4.78, 5) is 41.2. The Kier molecular flexibility index (Phi) is 13.5. The molecule has 4 aliphatic heterocycles. The number of aliphatic hydroxyl groups is 1. The molecule has 2 aromatic heterocycles. The number of aromatic nitrogens is 2. The van der Waals surface area contributed by atoms with Crippen LogP contribution >= 0.6 is 0 Å². The van der Waals surface area contributed by atoms with Crippen molar-refractivity contribution in [3.63, 3.8) is 0 Å². The number of amides is 1. The van der Waals surface area contributed by atoms with Crippen LogP contribution in [0.15, 0.2) is 77.8 Å². The van der Waals surface area contributed by atoms with E-state index < -0.39 is 37.0 Å². The lowest BCUT2D eigenvalue weighted by molar-refractivity contribution is -0.384. The number of anilines is 2. The third-order valence-corrected chi connectivity index (χ3v) is 18.8. The van der Waals surface area contributed by atoms with Crippen molar-refractivity contribution in [3.05, 3.63) is 99.7 Å². The van der Waals surface area contributed by atoms with E-state index in [1.54, 1.807) is 24.4 Å². The Bertz CT molecular complexity index is 3030. The Labute approximate surface area is 433 Å². The number of benzene rings is 3. The molecule has 4 N–H and O–H groups in total. The van der Waals surface area contributed by atoms with Crippen molar-refractivity contribution in [3.8, 4) is 23.1 Å². The topological polar surface area (TPSA) is 205 Å². The van der Waals surface area contributed by atoms with Crippen molar-refractivity contribution < 1.29 is 37.5 Å². The number of piperidine rings is 1. The fraction of sp³-hybridized carbons (Fsp3) is 0.536. The minimum Gasteiger partial charge on any atom is -0.489 e. The molecule has 6 heterocycles. The van der Waals surface area contributed by atoms with E-state index >= 15 is 0 Å². The summed E-state index contributed by atoms with van der Waals surface area (Å²) in [6, 6.07) is 20.9. The first-order chi connectivity index (χ1) is 35.5. The van der Waals surface area contributed by atoms with E-state index in [0.29, 0.717) is 55.9 Å². The number of nitrogens with one attached hydrogen (secondary N) is 3. The third-order valence-electron chi connectivity index (χ3n) is 17.5. The van der Waals surface area contributed by atoms with Crippen LogP contribution < -0.4 is 29.1 Å². The molecule has 2 aliphatic carbocycles. The highest BCUT2D eigenvalue weighted by Gasteiger charge is 2.50. The number of carbonyl (C=O) groups excluding carboxylic acids is 1. The molecule has 5 fully saturated rings. The second kappa shape index (κ2) is 20.0. The quantitative estimate of drug-likeness (QED) is 0.0604. The maximum Gasteiger partial charge on any atom is 0.297 e. The van der Waals surface area contributed by atoms with Gasteiger partial charge >= 0.3 is 0 Å². The van der Waals surface area contributed by atoms with Crippen molar-refractivity contribution in [1.82, 2.24) is 24.5 Å². The van der Waals surface area contributed by atoms with Gasteiger partial charge in [-0.3, -0.25) is 19.8 Å². The first-order valence-electron chi connectivity index (χ1n) is 26.8. The summed E-state index contributed by atoms with van der Waals surface area (Å²) in [5.74, 6) is 0.168. The lowest BCUT2D eigenvalue weighted by atomic mass is 9.59. The second-order valence-electron chi connectivity index (χ2n) is 22.7. The first kappa shape index (κ1) is 50.2. The van der Waals surface area contributed by atoms with Gasteiger partial charge in [-0.2, -0.15) is 4.98 Å². The number of H-pyrrole nitrogens is 1. The van der Waals surface area contributed by atoms with Gasteiger partial charge in [-0.15, -0.1) is 0 Å². The lowest BCUT2D eigenvalue weighted by Gasteiger charge is -2.56. The summed E-state index contributed by atoms with van der Waals surface area (Å²) >= 11 is 0. The SMILES string of the molecule is CC(C)c1ccccc1[C@@H]1CCCN1C1CC2(CCN(c3ccc(C(=O)NS(=O)(=O)c4cc5c(c([N+](=O)[O-])c4)N[C@@H]([C@H]4CC[C@](C)(O)CC4)CO5)c(Oc4cc5cc[nH]c5nc4OC[C@@H]4CCCN4C)c3)CC2)C1. The van der Waals surface area contributed by atoms with Crippen LogP contribution in [0.1, 0.15) is 131 Å². The van der Waals surface area contributed by atoms with E-state index in [2.05, 4.69) is 74.9 Å². The van der Waals surface area contributed by atoms with Crippen LogP contribution in [0.25, 0.3) is 11.0 Å². The van der Waals surface area contributed by atoms with Gasteiger partial charge in [0.2, 0.25) is 0 Å². The van der Waals surface area contributed by atoms with E-state index in [9.17, 15) is 28.4 Å². The normalized spacial score (nSPS) is 25.4. The Morgan fingerprint density at radius 1 is 0.973 bits per heavy atom. The Balaban J connectivity index is 0.845. The number of rotatable bonds is 14. The van der Waals surface area contributed by atoms with Gasteiger partial charge in [0.15, 0.2) is 17.2 Å². The number of hydrogen-bond donors (Lipinski definition) is 4. The molecule has 5 aromatic rings. The van der Waals surface area contributed by atoms with Gasteiger partial charge in [-0.1, -0.05) is 38.1 Å². The molecule has 394 valence electrons. The number of sulfonamides is 1. The van der Waals surface area contributed by atoms with Gasteiger partial charge in [0.1, 0.15) is 24.6 Å². The number of nitro groups is 1. The molecule has 6 aliphatic rings. The summed E-state index contributed by atoms with van der Waals surface area (Å²) in [7, 11) is -2.65. The van der Waals surface area contributed by atoms with Gasteiger partial charge in [0.25, 0.3) is 27.5 Å². The van der Waals surface area contributed by atoms with Crippen molar-refractivity contribution >= 4 is 44.0 Å². The van der Waals surface area contributed by atoms with E-state index in [1.165, 1.54) is 42.9 Å². The van der Waals surface area contributed by atoms with Crippen molar-refractivity contribution in [2.24, 2.45) is 11.3 Å². The summed E-state index contributed by atoms with van der Waals surface area (Å²) < 4.78 is 49.8. The van der Waals surface area contributed by atoms with Crippen LogP contribution in [-0.2, 0) is 10.0 Å². The number of carbonyl (C=O) groups is 1. The van der Waals surface area contributed by atoms with Crippen LogP contribution in [0.4, 0.5) is 17.1 Å². The molecule has 2 saturated carbocycles. The second-order valence-corrected chi connectivity index (χ2v) is 24.4. The molecule has 3 atom stereocenters. The number of nitro benzene ring substituents is 1. The molecule has 1 spiro atoms. The van der Waals surface area contributed by atoms with Crippen molar-refractivity contribution in [2.75, 3.05) is 56.7 Å². The van der Waals surface area contributed by atoms with Crippen molar-refractivity contribution in [1.29, 1.82) is 0 Å².